The molecule has 4 aliphatic rings. The lowest BCUT2D eigenvalue weighted by Crippen LogP contribution is -3.05. The van der Waals surface area contributed by atoms with E-state index in [4.69, 9.17) is 0 Å². The molecule has 0 saturated carbocycles. The van der Waals surface area contributed by atoms with Crippen LogP contribution in [-0.2, 0) is 0 Å². The second-order valence-corrected chi connectivity index (χ2v) is 3.65. The van der Waals surface area contributed by atoms with Gasteiger partial charge in [0.05, 0.1) is 13.3 Å². The first kappa shape index (κ1) is 3.91. The van der Waals surface area contributed by atoms with Crippen LogP contribution in [0.4, 0.5) is 0 Å². The maximum atomic E-state index is 2.57. The van der Waals surface area contributed by atoms with Crippen molar-refractivity contribution in [3.63, 3.8) is 0 Å². The van der Waals surface area contributed by atoms with Gasteiger partial charge in [0.2, 0.25) is 0 Å². The van der Waals surface area contributed by atoms with Crippen LogP contribution in [0.5, 0.6) is 0 Å². The number of hydrogen-bond acceptors (Lipinski definition) is 3. The Labute approximate surface area is 53.8 Å². The summed E-state index contributed by atoms with van der Waals surface area (Å²) >= 11 is 0. The van der Waals surface area contributed by atoms with Gasteiger partial charge in [-0.2, -0.15) is 0 Å². The van der Waals surface area contributed by atoms with Crippen LogP contribution in [0, 0.1) is 5.92 Å². The van der Waals surface area contributed by atoms with Crippen molar-refractivity contribution < 1.29 is 0 Å². The van der Waals surface area contributed by atoms with Crippen molar-refractivity contribution in [1.29, 1.82) is 0 Å². The predicted octanol–water partition coefficient (Wildman–Crippen LogP) is -0.868. The Morgan fingerprint density at radius 3 is 1.89 bits per heavy atom. The highest BCUT2D eigenvalue weighted by atomic mass is 15.9. The monoisotopic (exact) mass is 123 g/mol. The van der Waals surface area contributed by atoms with E-state index in [1.807, 2.05) is 0 Å². The highest BCUT2D eigenvalue weighted by Gasteiger charge is 2.79. The minimum atomic E-state index is 0.556. The van der Waals surface area contributed by atoms with Crippen LogP contribution in [0.3, 0.4) is 0 Å². The SMILES string of the molecule is C1C2CN3CN4CN1C234. The van der Waals surface area contributed by atoms with Gasteiger partial charge in [-0.3, -0.25) is 9.80 Å². The molecule has 0 unspecified atom stereocenters. The van der Waals surface area contributed by atoms with E-state index in [2.05, 4.69) is 14.7 Å². The van der Waals surface area contributed by atoms with E-state index < -0.39 is 0 Å². The fourth-order valence-electron chi connectivity index (χ4n) is 3.09. The summed E-state index contributed by atoms with van der Waals surface area (Å²) in [4.78, 5) is 7.72. The highest BCUT2D eigenvalue weighted by molar-refractivity contribution is 5.24. The first-order chi connectivity index (χ1) is 4.42. The topological polar surface area (TPSA) is 9.72 Å². The number of hydrogen-bond donors (Lipinski definition) is 0. The van der Waals surface area contributed by atoms with Gasteiger partial charge in [-0.05, 0) is 0 Å². The normalized spacial score (nSPS) is 62.0. The summed E-state index contributed by atoms with van der Waals surface area (Å²) in [6.07, 6.45) is 0. The van der Waals surface area contributed by atoms with Crippen molar-refractivity contribution in [2.75, 3.05) is 26.4 Å². The van der Waals surface area contributed by atoms with Gasteiger partial charge in [0.15, 0.2) is 0 Å². The van der Waals surface area contributed by atoms with Gasteiger partial charge < -0.3 is 0 Å². The van der Waals surface area contributed by atoms with Crippen molar-refractivity contribution >= 4 is 0 Å². The predicted molar refractivity (Wildman–Crippen MR) is 31.2 cm³/mol. The number of nitrogens with zero attached hydrogens (tertiary/aromatic N) is 3. The Kier molecular flexibility index (Phi) is 0.338. The van der Waals surface area contributed by atoms with Crippen molar-refractivity contribution in [2.24, 2.45) is 5.92 Å². The summed E-state index contributed by atoms with van der Waals surface area (Å²) < 4.78 is 0. The molecule has 0 amide bonds. The summed E-state index contributed by atoms with van der Waals surface area (Å²) in [5.74, 6) is 1.58. The van der Waals surface area contributed by atoms with Crippen LogP contribution in [0.25, 0.3) is 0 Å². The molecule has 3 heteroatoms. The molecule has 0 aromatic rings. The lowest BCUT2D eigenvalue weighted by atomic mass is 9.70. The molecule has 3 nitrogen and oxygen atoms in total. The van der Waals surface area contributed by atoms with E-state index in [0.29, 0.717) is 5.79 Å². The maximum Gasteiger partial charge on any atom is 0.140 e. The average Bonchev–Trinajstić information content (AvgIpc) is 1.54. The lowest BCUT2D eigenvalue weighted by Gasteiger charge is -2.88. The summed E-state index contributed by atoms with van der Waals surface area (Å²) in [6, 6.07) is 0. The smallest absolute Gasteiger partial charge is 0.140 e. The Bertz CT molecular complexity index is 149. The summed E-state index contributed by atoms with van der Waals surface area (Å²) in [7, 11) is 0. The van der Waals surface area contributed by atoms with E-state index in [1.54, 1.807) is 0 Å². The van der Waals surface area contributed by atoms with Gasteiger partial charge >= 0.3 is 0 Å². The van der Waals surface area contributed by atoms with Crippen LogP contribution in [0.15, 0.2) is 0 Å². The molecule has 9 heavy (non-hydrogen) atoms. The highest BCUT2D eigenvalue weighted by Crippen LogP contribution is 2.62. The molecular formula is C6H9N3. The summed E-state index contributed by atoms with van der Waals surface area (Å²) in [6.45, 7) is 5.28. The molecule has 4 heterocycles. The molecule has 0 atom stereocenters. The molecule has 48 valence electrons. The van der Waals surface area contributed by atoms with Crippen LogP contribution in [0.1, 0.15) is 0 Å². The minimum Gasteiger partial charge on any atom is -0.259 e. The van der Waals surface area contributed by atoms with Gasteiger partial charge in [-0.15, -0.1) is 0 Å². The molecule has 4 fully saturated rings. The van der Waals surface area contributed by atoms with Crippen molar-refractivity contribution in [3.8, 4) is 0 Å². The zero-order valence-electron chi connectivity index (χ0n) is 5.25. The van der Waals surface area contributed by atoms with E-state index >= 15 is 0 Å². The minimum absolute atomic E-state index is 0.556. The van der Waals surface area contributed by atoms with Crippen molar-refractivity contribution in [3.05, 3.63) is 0 Å². The molecule has 1 spiro atoms. The lowest BCUT2D eigenvalue weighted by molar-refractivity contribution is -0.503. The van der Waals surface area contributed by atoms with E-state index in [0.717, 1.165) is 5.92 Å². The van der Waals surface area contributed by atoms with Crippen LogP contribution in [-0.4, -0.2) is 46.9 Å². The Morgan fingerprint density at radius 1 is 1.00 bits per heavy atom. The van der Waals surface area contributed by atoms with E-state index in [-0.39, 0.29) is 0 Å². The molecule has 0 bridgehead atoms. The molecule has 4 aliphatic heterocycles. The third-order valence-corrected chi connectivity index (χ3v) is 3.51. The number of rotatable bonds is 0. The second kappa shape index (κ2) is 0.779. The quantitative estimate of drug-likeness (QED) is 0.414. The van der Waals surface area contributed by atoms with Crippen molar-refractivity contribution in [2.45, 2.75) is 5.79 Å². The first-order valence-electron chi connectivity index (χ1n) is 3.67. The van der Waals surface area contributed by atoms with Gasteiger partial charge in [-0.1, -0.05) is 0 Å². The molecule has 0 radical (unpaired) electrons. The van der Waals surface area contributed by atoms with Gasteiger partial charge in [-0.25, -0.2) is 4.90 Å². The van der Waals surface area contributed by atoms with Gasteiger partial charge in [0, 0.05) is 19.0 Å². The van der Waals surface area contributed by atoms with Crippen LogP contribution >= 0.6 is 0 Å². The Balaban J connectivity index is 1.88. The molecule has 0 aromatic carbocycles. The zero-order valence-corrected chi connectivity index (χ0v) is 5.25. The first-order valence-corrected chi connectivity index (χ1v) is 3.67. The fraction of sp³-hybridized carbons (Fsp3) is 1.00. The molecule has 0 aliphatic carbocycles. The van der Waals surface area contributed by atoms with Gasteiger partial charge in [0.25, 0.3) is 0 Å². The van der Waals surface area contributed by atoms with Crippen LogP contribution < -0.4 is 0 Å². The molecule has 4 rings (SSSR count). The fourth-order valence-corrected chi connectivity index (χ4v) is 3.09. The molecule has 0 aromatic heterocycles. The van der Waals surface area contributed by atoms with E-state index in [9.17, 15) is 0 Å². The Morgan fingerprint density at radius 2 is 1.67 bits per heavy atom. The maximum absolute atomic E-state index is 2.57. The molecular weight excluding hydrogens is 114 g/mol. The van der Waals surface area contributed by atoms with Gasteiger partial charge in [0.1, 0.15) is 5.79 Å². The third kappa shape index (κ3) is 0.171. The second-order valence-electron chi connectivity index (χ2n) is 3.65. The summed E-state index contributed by atoms with van der Waals surface area (Å²) in [5.41, 5.74) is 0. The third-order valence-electron chi connectivity index (χ3n) is 3.51. The molecule has 0 N–H and O–H groups in total. The summed E-state index contributed by atoms with van der Waals surface area (Å²) in [5, 5.41) is 0. The van der Waals surface area contributed by atoms with Crippen molar-refractivity contribution in [1.82, 2.24) is 14.7 Å². The molecule has 4 saturated heterocycles. The largest absolute Gasteiger partial charge is 0.259 e. The Hall–Kier alpha value is -0.120. The van der Waals surface area contributed by atoms with E-state index in [1.165, 1.54) is 26.4 Å². The van der Waals surface area contributed by atoms with Crippen LogP contribution in [0.2, 0.25) is 0 Å². The average molecular weight is 123 g/mol. The standard InChI is InChI=1S/C6H9N3/c1-5-2-8-4-9-3-7(1)6(5,8)9/h5H,1-4H2. The zero-order chi connectivity index (χ0) is 5.64.